The van der Waals surface area contributed by atoms with Crippen LogP contribution in [0.5, 0.6) is 0 Å². The maximum Gasteiger partial charge on any atom is 0.243 e. The highest BCUT2D eigenvalue weighted by molar-refractivity contribution is 6.43. The lowest BCUT2D eigenvalue weighted by Crippen LogP contribution is -2.39. The molecule has 21 nitrogen and oxygen atoms in total. The number of hydrogen-bond donors (Lipinski definition) is 1. The van der Waals surface area contributed by atoms with Crippen molar-refractivity contribution < 1.29 is 95.9 Å². The first kappa shape index (κ1) is 142. The van der Waals surface area contributed by atoms with Crippen LogP contribution >= 0.6 is 0 Å². The monoisotopic (exact) mass is 1880 g/mol. The largest absolute Gasteiger partial charge is 0.348 e. The average molecular weight is 1880 g/mol. The Morgan fingerprint density at radius 3 is 0.769 bits per heavy atom. The van der Waals surface area contributed by atoms with E-state index in [0.717, 1.165) is 23.1 Å². The van der Waals surface area contributed by atoms with Crippen molar-refractivity contribution in [1.29, 1.82) is 0 Å². The smallest absolute Gasteiger partial charge is 0.243 e. The Morgan fingerprint density at radius 1 is 0.299 bits per heavy atom. The molecule has 0 aromatic carbocycles. The van der Waals surface area contributed by atoms with E-state index in [1.165, 1.54) is 37.1 Å². The van der Waals surface area contributed by atoms with E-state index in [9.17, 15) is 95.9 Å². The SMILES string of the molecule is C/C=C/C(=O)CCC(=O)C(C)(C)C.C/C=C/C(=O)CCC(=O)CCC(=O)C(C)(C)C.C=C(C)C(=O)CCC(=O)C(C)(C)C.C=C(C)C(=O)CCC(=O)CCC(=O)C(C)(C)C.C=CC(=O)NC(C)(C)C.CC(C)(C)C(=O)CCC(=O)/C=C/C1CC1.CC(C)=CC(=O)C(=O)C(C)(C)C.CC(C)=CC(=O)C(C)(C)C.CC(C)=CC(=O)CCC(=O)C(C)(C)C.CC/C=C/C(=O)CCC(=O)C(C)(C)C. The molecule has 0 aliphatic heterocycles. The van der Waals surface area contributed by atoms with Crippen molar-refractivity contribution in [2.24, 2.45) is 54.7 Å². The predicted molar refractivity (Wildman–Crippen MR) is 550 cm³/mol. The summed E-state index contributed by atoms with van der Waals surface area (Å²) in [6, 6.07) is 0. The van der Waals surface area contributed by atoms with Gasteiger partial charge in [-0.3, -0.25) is 95.9 Å². The lowest BCUT2D eigenvalue weighted by molar-refractivity contribution is -0.138. The lowest BCUT2D eigenvalue weighted by atomic mass is 9.87. The highest BCUT2D eigenvalue weighted by Crippen LogP contribution is 2.31. The number of ketones is 19. The third-order valence-electron chi connectivity index (χ3n) is 18.4. The molecular formula is C113H185NO20. The van der Waals surface area contributed by atoms with E-state index in [0.29, 0.717) is 81.3 Å². The van der Waals surface area contributed by atoms with Crippen LogP contribution in [0.1, 0.15) is 419 Å². The first-order valence-corrected chi connectivity index (χ1v) is 47.0. The van der Waals surface area contributed by atoms with Crippen LogP contribution < -0.4 is 5.32 Å². The van der Waals surface area contributed by atoms with Gasteiger partial charge in [0.2, 0.25) is 17.5 Å². The minimum absolute atomic E-state index is 0.0135. The van der Waals surface area contributed by atoms with Gasteiger partial charge >= 0.3 is 0 Å². The highest BCUT2D eigenvalue weighted by atomic mass is 16.2. The van der Waals surface area contributed by atoms with Gasteiger partial charge in [-0.05, 0) is 175 Å². The van der Waals surface area contributed by atoms with Gasteiger partial charge in [0.25, 0.3) is 0 Å². The predicted octanol–water partition coefficient (Wildman–Crippen LogP) is 25.3. The zero-order valence-electron chi connectivity index (χ0n) is 91.6. The van der Waals surface area contributed by atoms with Crippen molar-refractivity contribution in [3.63, 3.8) is 0 Å². The van der Waals surface area contributed by atoms with E-state index < -0.39 is 16.6 Å². The molecule has 0 atom stereocenters. The lowest BCUT2D eigenvalue weighted by Gasteiger charge is -2.18. The number of nitrogens with one attached hydrogen (secondary N) is 1. The van der Waals surface area contributed by atoms with Crippen molar-refractivity contribution in [3.8, 4) is 0 Å². The molecule has 1 rings (SSSR count). The summed E-state index contributed by atoms with van der Waals surface area (Å²) >= 11 is 0. The average Bonchev–Trinajstić information content (AvgIpc) is 1.11. The van der Waals surface area contributed by atoms with E-state index in [1.54, 1.807) is 98.8 Å². The van der Waals surface area contributed by atoms with Crippen LogP contribution in [-0.4, -0.2) is 121 Å². The van der Waals surface area contributed by atoms with Crippen molar-refractivity contribution in [2.45, 2.75) is 424 Å². The zero-order chi connectivity index (χ0) is 108. The van der Waals surface area contributed by atoms with E-state index in [-0.39, 0.29) is 205 Å². The molecule has 1 amide bonds. The first-order chi connectivity index (χ1) is 60.1. The summed E-state index contributed by atoms with van der Waals surface area (Å²) in [6.45, 7) is 86.4. The molecule has 0 unspecified atom stereocenters. The maximum absolute atomic E-state index is 11.6. The molecule has 0 spiro atoms. The second-order valence-electron chi connectivity index (χ2n) is 44.7. The van der Waals surface area contributed by atoms with Gasteiger partial charge in [0, 0.05) is 170 Å². The van der Waals surface area contributed by atoms with Crippen LogP contribution in [0.4, 0.5) is 0 Å². The fourth-order valence-corrected chi connectivity index (χ4v) is 8.97. The molecule has 0 radical (unpaired) electrons. The van der Waals surface area contributed by atoms with Gasteiger partial charge in [-0.15, -0.1) is 0 Å². The maximum atomic E-state index is 11.6. The van der Waals surface area contributed by atoms with Crippen LogP contribution in [0.3, 0.4) is 0 Å². The number of rotatable bonds is 40. The number of amides is 1. The fourth-order valence-electron chi connectivity index (χ4n) is 8.97. The molecule has 0 aromatic rings. The van der Waals surface area contributed by atoms with Gasteiger partial charge in [-0.2, -0.15) is 0 Å². The molecule has 134 heavy (non-hydrogen) atoms. The second kappa shape index (κ2) is 70.3. The molecular weight excluding hydrogens is 1690 g/mol. The summed E-state index contributed by atoms with van der Waals surface area (Å²) in [4.78, 5) is 226. The molecule has 1 N–H and O–H groups in total. The summed E-state index contributed by atoms with van der Waals surface area (Å²) in [7, 11) is 0. The van der Waals surface area contributed by atoms with E-state index in [1.807, 2.05) is 234 Å². The molecule has 1 fully saturated rings. The number of carbonyl (C=O) groups is 20. The molecule has 1 aliphatic rings. The Bertz CT molecular complexity index is 4100. The van der Waals surface area contributed by atoms with Crippen molar-refractivity contribution in [1.82, 2.24) is 5.32 Å². The minimum Gasteiger partial charge on any atom is -0.348 e. The molecule has 0 aromatic heterocycles. The zero-order valence-corrected chi connectivity index (χ0v) is 91.6. The molecule has 1 saturated carbocycles. The molecule has 0 saturated heterocycles. The topological polar surface area (TPSA) is 353 Å². The van der Waals surface area contributed by atoms with E-state index >= 15 is 0 Å². The first-order valence-electron chi connectivity index (χ1n) is 47.0. The molecule has 0 heterocycles. The summed E-state index contributed by atoms with van der Waals surface area (Å²) < 4.78 is 0. The molecule has 21 heteroatoms. The quantitative estimate of drug-likeness (QED) is 0.0440. The van der Waals surface area contributed by atoms with Crippen molar-refractivity contribution >= 4 is 116 Å². The van der Waals surface area contributed by atoms with E-state index in [2.05, 4.69) is 25.1 Å². The number of Topliss-reactive ketones (excluding diaryl/α,β-unsaturated/α-hetero) is 12. The van der Waals surface area contributed by atoms with Crippen molar-refractivity contribution in [3.05, 3.63) is 121 Å². The number of carbonyl (C=O) groups excluding carboxylic acids is 20. The van der Waals surface area contributed by atoms with Crippen molar-refractivity contribution in [2.75, 3.05) is 0 Å². The normalized spacial score (nSPS) is 11.9. The molecule has 1 aliphatic carbocycles. The Kier molecular flexibility index (Phi) is 74.7. The van der Waals surface area contributed by atoms with Crippen LogP contribution in [-0.2, 0) is 95.9 Å². The fraction of sp³-hybridized carbons (Fsp3) is 0.646. The highest BCUT2D eigenvalue weighted by Gasteiger charge is 2.30. The third kappa shape index (κ3) is 94.4. The van der Waals surface area contributed by atoms with Crippen LogP contribution in [0.15, 0.2) is 121 Å². The second-order valence-corrected chi connectivity index (χ2v) is 44.7. The van der Waals surface area contributed by atoms with Gasteiger partial charge in [0.15, 0.2) is 46.3 Å². The van der Waals surface area contributed by atoms with Crippen LogP contribution in [0, 0.1) is 54.7 Å². The third-order valence-corrected chi connectivity index (χ3v) is 18.4. The molecule has 0 bridgehead atoms. The Labute approximate surface area is 812 Å². The van der Waals surface area contributed by atoms with Gasteiger partial charge in [-0.25, -0.2) is 0 Å². The summed E-state index contributed by atoms with van der Waals surface area (Å²) in [5.41, 5.74) is 0.563. The van der Waals surface area contributed by atoms with Gasteiger partial charge in [0.05, 0.1) is 0 Å². The van der Waals surface area contributed by atoms with Crippen LogP contribution in [0.25, 0.3) is 0 Å². The Morgan fingerprint density at radius 2 is 0.545 bits per heavy atom. The number of hydrogen-bond acceptors (Lipinski definition) is 20. The minimum atomic E-state index is -0.566. The Hall–Kier alpha value is -9.40. The Balaban J connectivity index is -0.000000186. The summed E-state index contributed by atoms with van der Waals surface area (Å²) in [5.74, 6) is 0.897. The van der Waals surface area contributed by atoms with Gasteiger partial charge < -0.3 is 5.32 Å². The van der Waals surface area contributed by atoms with Crippen LogP contribution in [0.2, 0.25) is 0 Å². The standard InChI is InChI=1S/2C14H22O3.C13H20O2.2C12H20O2.2C11H18O2.C10H16O2.C9H16O.C7H13NO/c1-10(2)12(16)8-6-11(15)7-9-13(17)14(3,4)5;1-5-6-11(15)7-8-12(16)9-10-13(17)14(2,3)4;1-13(2,3)12(15)9-8-11(14)7-6-10-4-5-10;1-9(2)8-10(13)6-7-11(14)12(3,4)5;1-5-6-7-10(13)8-9-11(14)12(2,3)4;1-8(2)9(12)6-7-10(13)11(3,4)5;1-5-6-9(12)7-8-10(13)11(2,3)4;1-7(2)6-8(11)9(12)10(3,4)5;1-7(2)6-8(10)9(3,4)5;1-5-6(9)8-7(2,3)4/h1,6-9H2,2-5H3;5-6H,7-10H2,1-4H3;6-7,10H,4-5,8-9H2,1-3H3;8H,6-7H2,1-5H3;6-7H,5,8-9H2,1-4H3;1,6-7H2,2-5H3;5-6H,7-8H2,1-4H3;6H,1-5H3;6H,1-5H3;5H,1H2,2-4H3,(H,8,9)/b;6-5+;7-6+;;7-6+;;6-5+;;;. The van der Waals surface area contributed by atoms with Gasteiger partial charge in [0.1, 0.15) is 52.0 Å². The summed E-state index contributed by atoms with van der Waals surface area (Å²) in [5, 5.41) is 2.71. The van der Waals surface area contributed by atoms with Gasteiger partial charge in [-0.1, -0.05) is 255 Å². The summed E-state index contributed by atoms with van der Waals surface area (Å²) in [6.07, 6.45) is 27.9. The number of allylic oxidation sites excluding steroid dienone is 16. The molecule has 762 valence electrons. The van der Waals surface area contributed by atoms with E-state index in [4.69, 9.17) is 0 Å².